The number of nitrogens with one attached hydrogen (secondary N) is 1. The second-order valence-corrected chi connectivity index (χ2v) is 5.72. The number of carboxylic acids is 1. The Hall–Kier alpha value is -2.80. The molecule has 0 spiro atoms. The molecule has 1 aliphatic rings. The number of amides is 1. The fourth-order valence-electron chi connectivity index (χ4n) is 2.52. The first-order chi connectivity index (χ1) is 12.1. The third kappa shape index (κ3) is 4.60. The molecule has 1 fully saturated rings. The zero-order chi connectivity index (χ0) is 17.6. The molecule has 7 nitrogen and oxygen atoms in total. The molecule has 0 saturated carbocycles. The standard InChI is InChI=1S/C18H19NO6/c20-17(19-10-14-7-8-16(25-14)18(21)22)12-3-5-13(6-4-12)24-11-15-2-1-9-23-15/h3-8,15H,1-2,9-11H2,(H,19,20)(H,21,22). The quantitative estimate of drug-likeness (QED) is 0.800. The third-order valence-electron chi connectivity index (χ3n) is 3.87. The normalized spacial score (nSPS) is 16.6. The van der Waals surface area contributed by atoms with Crippen molar-refractivity contribution in [2.75, 3.05) is 13.2 Å². The Balaban J connectivity index is 1.48. The summed E-state index contributed by atoms with van der Waals surface area (Å²) in [6.07, 6.45) is 2.22. The van der Waals surface area contributed by atoms with Gasteiger partial charge >= 0.3 is 5.97 Å². The van der Waals surface area contributed by atoms with Crippen molar-refractivity contribution in [2.24, 2.45) is 0 Å². The van der Waals surface area contributed by atoms with Crippen LogP contribution in [0.4, 0.5) is 0 Å². The SMILES string of the molecule is O=C(NCc1ccc(C(=O)O)o1)c1ccc(OCC2CCCO2)cc1. The molecule has 2 heterocycles. The zero-order valence-electron chi connectivity index (χ0n) is 13.6. The van der Waals surface area contributed by atoms with Crippen molar-refractivity contribution < 1.29 is 28.6 Å². The summed E-state index contributed by atoms with van der Waals surface area (Å²) in [4.78, 5) is 22.8. The molecule has 2 aromatic rings. The molecule has 0 radical (unpaired) electrons. The minimum Gasteiger partial charge on any atom is -0.491 e. The monoisotopic (exact) mass is 345 g/mol. The highest BCUT2D eigenvalue weighted by atomic mass is 16.5. The Kier molecular flexibility index (Phi) is 5.35. The van der Waals surface area contributed by atoms with Crippen LogP contribution in [0.5, 0.6) is 5.75 Å². The molecule has 0 bridgehead atoms. The molecule has 7 heteroatoms. The van der Waals surface area contributed by atoms with E-state index in [4.69, 9.17) is 19.0 Å². The lowest BCUT2D eigenvalue weighted by Crippen LogP contribution is -2.22. The summed E-state index contributed by atoms with van der Waals surface area (Å²) in [6, 6.07) is 9.68. The molecule has 132 valence electrons. The minimum atomic E-state index is -1.14. The number of hydrogen-bond donors (Lipinski definition) is 2. The number of benzene rings is 1. The van der Waals surface area contributed by atoms with Gasteiger partial charge in [0.25, 0.3) is 5.91 Å². The van der Waals surface area contributed by atoms with Crippen LogP contribution in [0.1, 0.15) is 39.5 Å². The number of rotatable bonds is 7. The molecule has 1 amide bonds. The number of hydrogen-bond acceptors (Lipinski definition) is 5. The van der Waals surface area contributed by atoms with Gasteiger partial charge in [0.15, 0.2) is 0 Å². The number of carboxylic acid groups (broad SMARTS) is 1. The molecule has 25 heavy (non-hydrogen) atoms. The molecular weight excluding hydrogens is 326 g/mol. The number of aromatic carboxylic acids is 1. The van der Waals surface area contributed by atoms with Gasteiger partial charge in [0.1, 0.15) is 18.1 Å². The molecule has 1 aromatic heterocycles. The van der Waals surface area contributed by atoms with Crippen LogP contribution in [0.3, 0.4) is 0 Å². The molecule has 1 unspecified atom stereocenters. The van der Waals surface area contributed by atoms with Crippen LogP contribution in [0, 0.1) is 0 Å². The van der Waals surface area contributed by atoms with E-state index in [0.29, 0.717) is 23.7 Å². The number of carbonyl (C=O) groups excluding carboxylic acids is 1. The summed E-state index contributed by atoms with van der Waals surface area (Å²) in [7, 11) is 0. The molecule has 1 aliphatic heterocycles. The van der Waals surface area contributed by atoms with E-state index < -0.39 is 5.97 Å². The van der Waals surface area contributed by atoms with Crippen molar-refractivity contribution in [3.8, 4) is 5.75 Å². The first-order valence-electron chi connectivity index (χ1n) is 8.06. The molecule has 1 atom stereocenters. The molecule has 3 rings (SSSR count). The average molecular weight is 345 g/mol. The highest BCUT2D eigenvalue weighted by molar-refractivity contribution is 5.94. The zero-order valence-corrected chi connectivity index (χ0v) is 13.6. The summed E-state index contributed by atoms with van der Waals surface area (Å²) in [6.45, 7) is 1.41. The van der Waals surface area contributed by atoms with E-state index >= 15 is 0 Å². The second kappa shape index (κ2) is 7.85. The van der Waals surface area contributed by atoms with Crippen LogP contribution in [0.2, 0.25) is 0 Å². The lowest BCUT2D eigenvalue weighted by Gasteiger charge is -2.11. The fraction of sp³-hybridized carbons (Fsp3) is 0.333. The van der Waals surface area contributed by atoms with E-state index in [9.17, 15) is 9.59 Å². The van der Waals surface area contributed by atoms with Gasteiger partial charge in [0.05, 0.1) is 12.6 Å². The van der Waals surface area contributed by atoms with Gasteiger partial charge in [-0.15, -0.1) is 0 Å². The predicted octanol–water partition coefficient (Wildman–Crippen LogP) is 2.47. The van der Waals surface area contributed by atoms with Gasteiger partial charge in [-0.3, -0.25) is 4.79 Å². The molecule has 0 aliphatic carbocycles. The largest absolute Gasteiger partial charge is 0.491 e. The van der Waals surface area contributed by atoms with Gasteiger partial charge in [0.2, 0.25) is 5.76 Å². The van der Waals surface area contributed by atoms with Gasteiger partial charge in [-0.1, -0.05) is 0 Å². The highest BCUT2D eigenvalue weighted by Crippen LogP contribution is 2.17. The van der Waals surface area contributed by atoms with Crippen LogP contribution in [-0.2, 0) is 11.3 Å². The smallest absolute Gasteiger partial charge is 0.371 e. The van der Waals surface area contributed by atoms with E-state index in [2.05, 4.69) is 5.32 Å². The Morgan fingerprint density at radius 3 is 2.64 bits per heavy atom. The maximum Gasteiger partial charge on any atom is 0.371 e. The first-order valence-corrected chi connectivity index (χ1v) is 8.06. The van der Waals surface area contributed by atoms with Gasteiger partial charge in [-0.2, -0.15) is 0 Å². The van der Waals surface area contributed by atoms with E-state index in [1.807, 2.05) is 0 Å². The van der Waals surface area contributed by atoms with Crippen molar-refractivity contribution in [3.05, 3.63) is 53.5 Å². The lowest BCUT2D eigenvalue weighted by molar-refractivity contribution is 0.0660. The van der Waals surface area contributed by atoms with Gasteiger partial charge in [-0.05, 0) is 49.2 Å². The molecule has 1 aromatic carbocycles. The molecule has 1 saturated heterocycles. The Morgan fingerprint density at radius 2 is 2.00 bits per heavy atom. The average Bonchev–Trinajstić information content (AvgIpc) is 3.30. The summed E-state index contributed by atoms with van der Waals surface area (Å²) >= 11 is 0. The van der Waals surface area contributed by atoms with Crippen molar-refractivity contribution in [3.63, 3.8) is 0 Å². The van der Waals surface area contributed by atoms with Crippen molar-refractivity contribution >= 4 is 11.9 Å². The molecular formula is C18H19NO6. The number of furan rings is 1. The Bertz CT molecular complexity index is 730. The van der Waals surface area contributed by atoms with Crippen LogP contribution in [0.15, 0.2) is 40.8 Å². The minimum absolute atomic E-state index is 0.114. The maximum absolute atomic E-state index is 12.1. The van der Waals surface area contributed by atoms with Crippen molar-refractivity contribution in [1.29, 1.82) is 0 Å². The van der Waals surface area contributed by atoms with Crippen LogP contribution < -0.4 is 10.1 Å². The van der Waals surface area contributed by atoms with Crippen molar-refractivity contribution in [1.82, 2.24) is 5.32 Å². The number of carbonyl (C=O) groups is 2. The summed E-state index contributed by atoms with van der Waals surface area (Å²) in [5.74, 6) is -0.515. The lowest BCUT2D eigenvalue weighted by atomic mass is 10.2. The van der Waals surface area contributed by atoms with Gasteiger partial charge in [0, 0.05) is 12.2 Å². The van der Waals surface area contributed by atoms with E-state index in [1.165, 1.54) is 12.1 Å². The second-order valence-electron chi connectivity index (χ2n) is 5.72. The van der Waals surface area contributed by atoms with Crippen molar-refractivity contribution in [2.45, 2.75) is 25.5 Å². The van der Waals surface area contributed by atoms with Gasteiger partial charge in [-0.25, -0.2) is 4.79 Å². The summed E-state index contributed by atoms with van der Waals surface area (Å²) in [5.41, 5.74) is 0.481. The van der Waals surface area contributed by atoms with E-state index in [1.54, 1.807) is 24.3 Å². The predicted molar refractivity (Wildman–Crippen MR) is 87.7 cm³/mol. The molecule has 2 N–H and O–H groups in total. The third-order valence-corrected chi connectivity index (χ3v) is 3.87. The first kappa shape index (κ1) is 17.0. The summed E-state index contributed by atoms with van der Waals surface area (Å²) < 4.78 is 16.2. The van der Waals surface area contributed by atoms with E-state index in [0.717, 1.165) is 19.4 Å². The Labute approximate surface area is 144 Å². The topological polar surface area (TPSA) is 98.0 Å². The summed E-state index contributed by atoms with van der Waals surface area (Å²) in [5, 5.41) is 11.5. The van der Waals surface area contributed by atoms with Crippen LogP contribution in [-0.4, -0.2) is 36.3 Å². The Morgan fingerprint density at radius 1 is 1.20 bits per heavy atom. The fourth-order valence-corrected chi connectivity index (χ4v) is 2.52. The van der Waals surface area contributed by atoms with Crippen LogP contribution in [0.25, 0.3) is 0 Å². The van der Waals surface area contributed by atoms with Gasteiger partial charge < -0.3 is 24.3 Å². The maximum atomic E-state index is 12.1. The highest BCUT2D eigenvalue weighted by Gasteiger charge is 2.16. The van der Waals surface area contributed by atoms with Crippen LogP contribution >= 0.6 is 0 Å². The number of ether oxygens (including phenoxy) is 2. The van der Waals surface area contributed by atoms with E-state index in [-0.39, 0.29) is 24.3 Å².